The lowest BCUT2D eigenvalue weighted by Crippen LogP contribution is -2.35. The fourth-order valence-electron chi connectivity index (χ4n) is 1.84. The second kappa shape index (κ2) is 5.72. The van der Waals surface area contributed by atoms with Crippen LogP contribution in [0, 0.1) is 11.6 Å². The molecule has 1 unspecified atom stereocenters. The molecule has 2 aromatic rings. The summed E-state index contributed by atoms with van der Waals surface area (Å²) in [5, 5.41) is 0. The second-order valence-electron chi connectivity index (χ2n) is 4.36. The van der Waals surface area contributed by atoms with Crippen molar-refractivity contribution in [2.75, 3.05) is 0 Å². The molecule has 0 fully saturated rings. The number of furan rings is 1. The van der Waals surface area contributed by atoms with Gasteiger partial charge in [0.05, 0.1) is 6.26 Å². The Morgan fingerprint density at radius 3 is 2.40 bits per heavy atom. The Hall–Kier alpha value is -1.73. The molecule has 108 valence electrons. The second-order valence-corrected chi connectivity index (χ2v) is 6.01. The Morgan fingerprint density at radius 2 is 1.85 bits per heavy atom. The summed E-state index contributed by atoms with van der Waals surface area (Å²) in [6.07, 6.45) is 1.75. The third kappa shape index (κ3) is 3.23. The van der Waals surface area contributed by atoms with Crippen molar-refractivity contribution >= 4 is 10.0 Å². The maximum Gasteiger partial charge on any atom is 0.246 e. The van der Waals surface area contributed by atoms with Gasteiger partial charge in [0.25, 0.3) is 0 Å². The highest BCUT2D eigenvalue weighted by Crippen LogP contribution is 2.18. The Balaban J connectivity index is 2.19. The number of rotatable bonds is 5. The average Bonchev–Trinajstić information content (AvgIpc) is 2.79. The van der Waals surface area contributed by atoms with Crippen LogP contribution in [0.15, 0.2) is 45.9 Å². The van der Waals surface area contributed by atoms with E-state index < -0.39 is 32.6 Å². The van der Waals surface area contributed by atoms with Crippen molar-refractivity contribution in [2.24, 2.45) is 0 Å². The number of benzene rings is 1. The molecule has 0 bridgehead atoms. The first-order valence-electron chi connectivity index (χ1n) is 5.89. The van der Waals surface area contributed by atoms with Crippen LogP contribution in [0.5, 0.6) is 0 Å². The van der Waals surface area contributed by atoms with Gasteiger partial charge in [0.1, 0.15) is 17.4 Å². The number of sulfonamides is 1. The quantitative estimate of drug-likeness (QED) is 0.923. The molecule has 1 aromatic carbocycles. The van der Waals surface area contributed by atoms with Crippen LogP contribution in [-0.4, -0.2) is 14.5 Å². The molecule has 1 atom stereocenters. The van der Waals surface area contributed by atoms with Gasteiger partial charge in [-0.2, -0.15) is 0 Å². The van der Waals surface area contributed by atoms with Gasteiger partial charge in [-0.15, -0.1) is 0 Å². The zero-order valence-corrected chi connectivity index (χ0v) is 11.5. The number of nitrogens with one attached hydrogen (secondary N) is 1. The van der Waals surface area contributed by atoms with E-state index in [0.29, 0.717) is 5.76 Å². The van der Waals surface area contributed by atoms with Crippen LogP contribution in [-0.2, 0) is 16.4 Å². The lowest BCUT2D eigenvalue weighted by Gasteiger charge is -2.13. The van der Waals surface area contributed by atoms with Gasteiger partial charge in [0.15, 0.2) is 4.90 Å². The summed E-state index contributed by atoms with van der Waals surface area (Å²) in [7, 11) is -4.27. The van der Waals surface area contributed by atoms with E-state index in [1.165, 1.54) is 6.26 Å². The molecule has 1 N–H and O–H groups in total. The summed E-state index contributed by atoms with van der Waals surface area (Å²) >= 11 is 0. The van der Waals surface area contributed by atoms with Crippen molar-refractivity contribution in [1.82, 2.24) is 4.72 Å². The van der Waals surface area contributed by atoms with Crippen molar-refractivity contribution < 1.29 is 21.6 Å². The molecule has 4 nitrogen and oxygen atoms in total. The molecule has 20 heavy (non-hydrogen) atoms. The van der Waals surface area contributed by atoms with Crippen molar-refractivity contribution in [2.45, 2.75) is 24.3 Å². The first-order chi connectivity index (χ1) is 9.40. The standard InChI is InChI=1S/C13H13F2NO3S/c1-9(8-10-4-3-7-19-10)16-20(17,18)13-11(14)5-2-6-12(13)15/h2-7,9,16H,8H2,1H3. The number of hydrogen-bond donors (Lipinski definition) is 1. The van der Waals surface area contributed by atoms with Gasteiger partial charge in [-0.05, 0) is 31.2 Å². The minimum atomic E-state index is -4.27. The van der Waals surface area contributed by atoms with Crippen molar-refractivity contribution in [3.63, 3.8) is 0 Å². The smallest absolute Gasteiger partial charge is 0.246 e. The van der Waals surface area contributed by atoms with Gasteiger partial charge in [0.2, 0.25) is 10.0 Å². The van der Waals surface area contributed by atoms with E-state index in [0.717, 1.165) is 18.2 Å². The molecular weight excluding hydrogens is 288 g/mol. The summed E-state index contributed by atoms with van der Waals surface area (Å²) in [6.45, 7) is 1.58. The van der Waals surface area contributed by atoms with E-state index in [4.69, 9.17) is 4.42 Å². The molecular formula is C13H13F2NO3S. The minimum Gasteiger partial charge on any atom is -0.469 e. The van der Waals surface area contributed by atoms with Gasteiger partial charge in [-0.25, -0.2) is 21.9 Å². The molecule has 0 spiro atoms. The van der Waals surface area contributed by atoms with Gasteiger partial charge in [-0.1, -0.05) is 6.07 Å². The van der Waals surface area contributed by atoms with E-state index in [1.54, 1.807) is 19.1 Å². The van der Waals surface area contributed by atoms with Crippen LogP contribution in [0.4, 0.5) is 8.78 Å². The largest absolute Gasteiger partial charge is 0.469 e. The monoisotopic (exact) mass is 301 g/mol. The van der Waals surface area contributed by atoms with E-state index in [1.807, 2.05) is 0 Å². The minimum absolute atomic E-state index is 0.280. The predicted octanol–water partition coefficient (Wildman–Crippen LogP) is 2.47. The third-order valence-electron chi connectivity index (χ3n) is 2.63. The molecule has 0 radical (unpaired) electrons. The fraction of sp³-hybridized carbons (Fsp3) is 0.231. The van der Waals surface area contributed by atoms with E-state index in [-0.39, 0.29) is 6.42 Å². The van der Waals surface area contributed by atoms with Crippen LogP contribution in [0.25, 0.3) is 0 Å². The molecule has 1 aromatic heterocycles. The lowest BCUT2D eigenvalue weighted by atomic mass is 10.2. The molecule has 0 aliphatic heterocycles. The highest BCUT2D eigenvalue weighted by molar-refractivity contribution is 7.89. The molecule has 0 saturated carbocycles. The molecule has 2 rings (SSSR count). The molecule has 0 saturated heterocycles. The van der Waals surface area contributed by atoms with E-state index in [2.05, 4.69) is 4.72 Å². The lowest BCUT2D eigenvalue weighted by molar-refractivity contribution is 0.474. The zero-order chi connectivity index (χ0) is 14.8. The highest BCUT2D eigenvalue weighted by Gasteiger charge is 2.25. The SMILES string of the molecule is CC(Cc1ccco1)NS(=O)(=O)c1c(F)cccc1F. The van der Waals surface area contributed by atoms with Crippen LogP contribution in [0.2, 0.25) is 0 Å². The Labute approximate surface area is 115 Å². The Kier molecular flexibility index (Phi) is 4.20. The van der Waals surface area contributed by atoms with Crippen LogP contribution in [0.1, 0.15) is 12.7 Å². The molecule has 0 aliphatic carbocycles. The van der Waals surface area contributed by atoms with Gasteiger partial charge in [0, 0.05) is 12.5 Å². The summed E-state index contributed by atoms with van der Waals surface area (Å²) in [4.78, 5) is -0.966. The molecule has 0 amide bonds. The fourth-order valence-corrected chi connectivity index (χ4v) is 3.22. The van der Waals surface area contributed by atoms with E-state index in [9.17, 15) is 17.2 Å². The van der Waals surface area contributed by atoms with Gasteiger partial charge < -0.3 is 4.42 Å². The summed E-state index contributed by atoms with van der Waals surface area (Å²) < 4.78 is 58.3. The Bertz CT molecular complexity index is 663. The van der Waals surface area contributed by atoms with Gasteiger partial charge in [-0.3, -0.25) is 0 Å². The zero-order valence-electron chi connectivity index (χ0n) is 10.6. The van der Waals surface area contributed by atoms with E-state index >= 15 is 0 Å². The topological polar surface area (TPSA) is 59.3 Å². The third-order valence-corrected chi connectivity index (χ3v) is 4.27. The number of halogens is 2. The first-order valence-corrected chi connectivity index (χ1v) is 7.37. The highest BCUT2D eigenvalue weighted by atomic mass is 32.2. The maximum atomic E-state index is 13.5. The van der Waals surface area contributed by atoms with Crippen molar-refractivity contribution in [3.8, 4) is 0 Å². The van der Waals surface area contributed by atoms with Crippen molar-refractivity contribution in [3.05, 3.63) is 54.0 Å². The molecule has 7 heteroatoms. The maximum absolute atomic E-state index is 13.5. The average molecular weight is 301 g/mol. The van der Waals surface area contributed by atoms with Crippen LogP contribution in [0.3, 0.4) is 0 Å². The molecule has 1 heterocycles. The number of hydrogen-bond acceptors (Lipinski definition) is 3. The normalized spacial score (nSPS) is 13.3. The Morgan fingerprint density at radius 1 is 1.20 bits per heavy atom. The summed E-state index contributed by atoms with van der Waals surface area (Å²) in [5.41, 5.74) is 0. The van der Waals surface area contributed by atoms with Crippen LogP contribution < -0.4 is 4.72 Å². The first kappa shape index (κ1) is 14.7. The van der Waals surface area contributed by atoms with Crippen LogP contribution >= 0.6 is 0 Å². The van der Waals surface area contributed by atoms with Crippen molar-refractivity contribution in [1.29, 1.82) is 0 Å². The summed E-state index contributed by atoms with van der Waals surface area (Å²) in [5.74, 6) is -1.67. The summed E-state index contributed by atoms with van der Waals surface area (Å²) in [6, 6.07) is 5.70. The predicted molar refractivity (Wildman–Crippen MR) is 68.6 cm³/mol. The molecule has 0 aliphatic rings. The van der Waals surface area contributed by atoms with Gasteiger partial charge >= 0.3 is 0 Å².